The van der Waals surface area contributed by atoms with Gasteiger partial charge in [0.2, 0.25) is 0 Å². The fraction of sp³-hybridized carbons (Fsp3) is 0.667. The van der Waals surface area contributed by atoms with Gasteiger partial charge >= 0.3 is 0 Å². The van der Waals surface area contributed by atoms with E-state index in [0.29, 0.717) is 12.5 Å². The summed E-state index contributed by atoms with van der Waals surface area (Å²) in [6.45, 7) is 8.79. The highest BCUT2D eigenvalue weighted by molar-refractivity contribution is 7.10. The van der Waals surface area contributed by atoms with Gasteiger partial charge in [0, 0.05) is 11.5 Å². The first-order chi connectivity index (χ1) is 7.07. The van der Waals surface area contributed by atoms with Crippen LogP contribution in [0.15, 0.2) is 11.4 Å². The van der Waals surface area contributed by atoms with Crippen molar-refractivity contribution in [3.05, 3.63) is 21.9 Å². The fourth-order valence-corrected chi connectivity index (χ4v) is 2.46. The van der Waals surface area contributed by atoms with Crippen molar-refractivity contribution in [3.8, 4) is 0 Å². The molecular weight excluding hydrogens is 208 g/mol. The maximum atomic E-state index is 10.2. The SMILES string of the molecule is CCOC(C(C)C)C(O)c1ccsc1C. The van der Waals surface area contributed by atoms with Crippen molar-refractivity contribution >= 4 is 11.3 Å². The average Bonchev–Trinajstić information content (AvgIpc) is 2.59. The van der Waals surface area contributed by atoms with Crippen molar-refractivity contribution in [2.45, 2.75) is 39.9 Å². The third-order valence-electron chi connectivity index (χ3n) is 2.54. The first-order valence-corrected chi connectivity index (χ1v) is 6.29. The summed E-state index contributed by atoms with van der Waals surface area (Å²) in [6.07, 6.45) is -0.612. The Hall–Kier alpha value is -0.380. The molecule has 0 aromatic carbocycles. The van der Waals surface area contributed by atoms with Crippen molar-refractivity contribution < 1.29 is 9.84 Å². The average molecular weight is 228 g/mol. The molecule has 3 heteroatoms. The van der Waals surface area contributed by atoms with Gasteiger partial charge in [-0.25, -0.2) is 0 Å². The summed E-state index contributed by atoms with van der Waals surface area (Å²) in [6, 6.07) is 1.99. The minimum atomic E-state index is -0.504. The molecule has 0 radical (unpaired) electrons. The molecule has 0 saturated heterocycles. The molecule has 1 aromatic rings. The Kier molecular flexibility index (Phi) is 4.77. The fourth-order valence-electron chi connectivity index (χ4n) is 1.72. The van der Waals surface area contributed by atoms with E-state index in [4.69, 9.17) is 4.74 Å². The number of ether oxygens (including phenoxy) is 1. The smallest absolute Gasteiger partial charge is 0.106 e. The third kappa shape index (κ3) is 3.03. The minimum Gasteiger partial charge on any atom is -0.386 e. The monoisotopic (exact) mass is 228 g/mol. The zero-order valence-corrected chi connectivity index (χ0v) is 10.7. The lowest BCUT2D eigenvalue weighted by Gasteiger charge is -2.26. The molecule has 2 atom stereocenters. The van der Waals surface area contributed by atoms with Crippen molar-refractivity contribution in [3.63, 3.8) is 0 Å². The molecule has 1 rings (SSSR count). The van der Waals surface area contributed by atoms with Crippen LogP contribution in [0, 0.1) is 12.8 Å². The van der Waals surface area contributed by atoms with Crippen LogP contribution >= 0.6 is 11.3 Å². The Morgan fingerprint density at radius 1 is 1.47 bits per heavy atom. The number of rotatable bonds is 5. The maximum absolute atomic E-state index is 10.2. The van der Waals surface area contributed by atoms with Gasteiger partial charge < -0.3 is 9.84 Å². The summed E-state index contributed by atoms with van der Waals surface area (Å²) in [4.78, 5) is 1.17. The normalized spacial score (nSPS) is 15.6. The molecule has 15 heavy (non-hydrogen) atoms. The van der Waals surface area contributed by atoms with Crippen LogP contribution < -0.4 is 0 Å². The Bertz CT molecular complexity index is 294. The van der Waals surface area contributed by atoms with E-state index in [0.717, 1.165) is 5.56 Å². The van der Waals surface area contributed by atoms with E-state index in [9.17, 15) is 5.11 Å². The Morgan fingerprint density at radius 3 is 2.53 bits per heavy atom. The lowest BCUT2D eigenvalue weighted by atomic mass is 9.96. The summed E-state index contributed by atoms with van der Waals surface area (Å²) in [7, 11) is 0. The quantitative estimate of drug-likeness (QED) is 0.839. The molecule has 0 aliphatic heterocycles. The summed E-state index contributed by atoms with van der Waals surface area (Å²) >= 11 is 1.66. The molecular formula is C12H20O2S. The number of aliphatic hydroxyl groups excluding tert-OH is 1. The van der Waals surface area contributed by atoms with E-state index in [1.807, 2.05) is 25.3 Å². The second kappa shape index (κ2) is 5.64. The van der Waals surface area contributed by atoms with Crippen LogP contribution in [0.4, 0.5) is 0 Å². The highest BCUT2D eigenvalue weighted by atomic mass is 32.1. The van der Waals surface area contributed by atoms with Gasteiger partial charge in [0.15, 0.2) is 0 Å². The standard InChI is InChI=1S/C12H20O2S/c1-5-14-12(8(2)3)11(13)10-6-7-15-9(10)4/h6-8,11-13H,5H2,1-4H3. The second-order valence-electron chi connectivity index (χ2n) is 4.04. The second-order valence-corrected chi connectivity index (χ2v) is 5.16. The summed E-state index contributed by atoms with van der Waals surface area (Å²) < 4.78 is 5.60. The zero-order valence-electron chi connectivity index (χ0n) is 9.86. The highest BCUT2D eigenvalue weighted by Gasteiger charge is 2.25. The molecule has 1 heterocycles. The van der Waals surface area contributed by atoms with Crippen molar-refractivity contribution in [1.82, 2.24) is 0 Å². The van der Waals surface area contributed by atoms with Gasteiger partial charge in [0.05, 0.1) is 6.10 Å². The first-order valence-electron chi connectivity index (χ1n) is 5.41. The largest absolute Gasteiger partial charge is 0.386 e. The van der Waals surface area contributed by atoms with Crippen LogP contribution in [-0.4, -0.2) is 17.8 Å². The van der Waals surface area contributed by atoms with Crippen LogP contribution in [0.3, 0.4) is 0 Å². The van der Waals surface area contributed by atoms with E-state index in [2.05, 4.69) is 13.8 Å². The highest BCUT2D eigenvalue weighted by Crippen LogP contribution is 2.29. The molecule has 0 aliphatic carbocycles. The number of aliphatic hydroxyl groups is 1. The third-order valence-corrected chi connectivity index (χ3v) is 3.41. The Labute approximate surface area is 95.9 Å². The van der Waals surface area contributed by atoms with Gasteiger partial charge in [-0.05, 0) is 36.8 Å². The van der Waals surface area contributed by atoms with Gasteiger partial charge in [-0.1, -0.05) is 13.8 Å². The predicted octanol–water partition coefficient (Wildman–Crippen LogP) is 3.15. The van der Waals surface area contributed by atoms with E-state index >= 15 is 0 Å². The molecule has 2 nitrogen and oxygen atoms in total. The van der Waals surface area contributed by atoms with Crippen molar-refractivity contribution in [2.75, 3.05) is 6.61 Å². The number of aryl methyl sites for hydroxylation is 1. The molecule has 0 fully saturated rings. The molecule has 0 spiro atoms. The molecule has 1 aromatic heterocycles. The molecule has 0 amide bonds. The topological polar surface area (TPSA) is 29.5 Å². The van der Waals surface area contributed by atoms with E-state index in [1.165, 1.54) is 4.88 Å². The lowest BCUT2D eigenvalue weighted by Crippen LogP contribution is -2.27. The van der Waals surface area contributed by atoms with Crippen molar-refractivity contribution in [1.29, 1.82) is 0 Å². The summed E-state index contributed by atoms with van der Waals surface area (Å²) in [5, 5.41) is 12.2. The predicted molar refractivity (Wildman–Crippen MR) is 64.3 cm³/mol. The van der Waals surface area contributed by atoms with Gasteiger partial charge in [-0.15, -0.1) is 11.3 Å². The van der Waals surface area contributed by atoms with Gasteiger partial charge in [0.25, 0.3) is 0 Å². The lowest BCUT2D eigenvalue weighted by molar-refractivity contribution is -0.0585. The van der Waals surface area contributed by atoms with E-state index in [-0.39, 0.29) is 6.10 Å². The number of hydrogen-bond acceptors (Lipinski definition) is 3. The van der Waals surface area contributed by atoms with Gasteiger partial charge in [-0.3, -0.25) is 0 Å². The molecule has 0 saturated carbocycles. The summed E-state index contributed by atoms with van der Waals surface area (Å²) in [5.41, 5.74) is 1.01. The van der Waals surface area contributed by atoms with Crippen LogP contribution in [0.25, 0.3) is 0 Å². The van der Waals surface area contributed by atoms with Gasteiger partial charge in [-0.2, -0.15) is 0 Å². The van der Waals surface area contributed by atoms with E-state index in [1.54, 1.807) is 11.3 Å². The van der Waals surface area contributed by atoms with Crippen LogP contribution in [0.1, 0.15) is 37.3 Å². The van der Waals surface area contributed by atoms with Crippen LogP contribution in [0.2, 0.25) is 0 Å². The minimum absolute atomic E-state index is 0.108. The van der Waals surface area contributed by atoms with Crippen molar-refractivity contribution in [2.24, 2.45) is 5.92 Å². The van der Waals surface area contributed by atoms with Gasteiger partial charge in [0.1, 0.15) is 6.10 Å². The number of hydrogen-bond donors (Lipinski definition) is 1. The molecule has 0 bridgehead atoms. The molecule has 0 aliphatic rings. The Balaban J connectivity index is 2.80. The zero-order chi connectivity index (χ0) is 11.4. The first kappa shape index (κ1) is 12.7. The Morgan fingerprint density at radius 2 is 2.13 bits per heavy atom. The molecule has 2 unspecified atom stereocenters. The van der Waals surface area contributed by atoms with Crippen LogP contribution in [-0.2, 0) is 4.74 Å². The van der Waals surface area contributed by atoms with E-state index < -0.39 is 6.10 Å². The molecule has 1 N–H and O–H groups in total. The van der Waals surface area contributed by atoms with Crippen LogP contribution in [0.5, 0.6) is 0 Å². The molecule has 86 valence electrons. The number of thiophene rings is 1. The maximum Gasteiger partial charge on any atom is 0.106 e. The summed E-state index contributed by atoms with van der Waals surface area (Å²) in [5.74, 6) is 0.319.